The lowest BCUT2D eigenvalue weighted by Gasteiger charge is -2.32. The highest BCUT2D eigenvalue weighted by Gasteiger charge is 2.42. The van der Waals surface area contributed by atoms with Gasteiger partial charge in [0.15, 0.2) is 5.78 Å². The lowest BCUT2D eigenvalue weighted by atomic mass is 9.95. The molecule has 0 fully saturated rings. The molecular weight excluding hydrogens is 376 g/mol. The van der Waals surface area contributed by atoms with Crippen molar-refractivity contribution in [2.75, 3.05) is 13.2 Å². The number of ketones is 2. The van der Waals surface area contributed by atoms with Crippen LogP contribution in [0.3, 0.4) is 0 Å². The molecule has 0 aliphatic carbocycles. The summed E-state index contributed by atoms with van der Waals surface area (Å²) in [6.07, 6.45) is 0. The fourth-order valence-electron chi connectivity index (χ4n) is 2.99. The topological polar surface area (TPSA) is 52.6 Å². The first-order chi connectivity index (χ1) is 14.5. The van der Waals surface area contributed by atoms with E-state index in [1.54, 1.807) is 19.1 Å². The molecule has 3 aromatic rings. The average Bonchev–Trinajstić information content (AvgIpc) is 2.80. The maximum Gasteiger partial charge on any atom is 0.261 e. The summed E-state index contributed by atoms with van der Waals surface area (Å²) < 4.78 is 11.6. The minimum absolute atomic E-state index is 0.121. The van der Waals surface area contributed by atoms with E-state index in [2.05, 4.69) is 0 Å². The molecule has 156 valence electrons. The molecule has 0 unspecified atom stereocenters. The molecule has 0 radical (unpaired) electrons. The van der Waals surface area contributed by atoms with Crippen molar-refractivity contribution >= 4 is 11.6 Å². The highest BCUT2D eigenvalue weighted by atomic mass is 16.7. The second-order valence-corrected chi connectivity index (χ2v) is 6.47. The molecule has 0 aliphatic heterocycles. The SMILES string of the molecule is CC(=O)c1ccccc1.CCOC(OCC)(C(=O)c1ccccc1)c1ccccc1. The Labute approximate surface area is 178 Å². The summed E-state index contributed by atoms with van der Waals surface area (Å²) >= 11 is 0. The fraction of sp³-hybridized carbons (Fsp3) is 0.231. The van der Waals surface area contributed by atoms with Gasteiger partial charge in [-0.3, -0.25) is 9.59 Å². The zero-order valence-electron chi connectivity index (χ0n) is 17.7. The van der Waals surface area contributed by atoms with E-state index in [9.17, 15) is 9.59 Å². The molecule has 0 spiro atoms. The number of hydrogen-bond donors (Lipinski definition) is 0. The Morgan fingerprint density at radius 1 is 0.667 bits per heavy atom. The third-order valence-corrected chi connectivity index (χ3v) is 4.36. The van der Waals surface area contributed by atoms with Gasteiger partial charge in [-0.15, -0.1) is 0 Å². The normalized spacial score (nSPS) is 10.6. The maximum atomic E-state index is 13.0. The second-order valence-electron chi connectivity index (χ2n) is 6.47. The molecule has 0 amide bonds. The van der Waals surface area contributed by atoms with Crippen LogP contribution in [0.5, 0.6) is 0 Å². The van der Waals surface area contributed by atoms with E-state index in [0.717, 1.165) is 5.56 Å². The first-order valence-electron chi connectivity index (χ1n) is 10.0. The predicted molar refractivity (Wildman–Crippen MR) is 119 cm³/mol. The van der Waals surface area contributed by atoms with Crippen LogP contribution in [0, 0.1) is 0 Å². The Kier molecular flexibility index (Phi) is 9.13. The molecule has 0 saturated carbocycles. The molecule has 0 aromatic heterocycles. The molecule has 0 bridgehead atoms. The smallest absolute Gasteiger partial charge is 0.261 e. The summed E-state index contributed by atoms with van der Waals surface area (Å²) in [5, 5.41) is 0. The molecule has 4 heteroatoms. The van der Waals surface area contributed by atoms with E-state index < -0.39 is 5.79 Å². The van der Waals surface area contributed by atoms with Gasteiger partial charge in [0.05, 0.1) is 0 Å². The van der Waals surface area contributed by atoms with Crippen molar-refractivity contribution in [3.8, 4) is 0 Å². The summed E-state index contributed by atoms with van der Waals surface area (Å²) in [7, 11) is 0. The zero-order chi connectivity index (χ0) is 21.8. The summed E-state index contributed by atoms with van der Waals surface area (Å²) in [6.45, 7) is 6.04. The lowest BCUT2D eigenvalue weighted by Crippen LogP contribution is -2.42. The molecule has 0 saturated heterocycles. The molecule has 0 aliphatic rings. The Morgan fingerprint density at radius 3 is 1.43 bits per heavy atom. The Hall–Kier alpha value is -3.08. The molecule has 4 nitrogen and oxygen atoms in total. The maximum absolute atomic E-state index is 13.0. The number of carbonyl (C=O) groups is 2. The van der Waals surface area contributed by atoms with Crippen molar-refractivity contribution in [3.05, 3.63) is 108 Å². The largest absolute Gasteiger partial charge is 0.340 e. The van der Waals surface area contributed by atoms with E-state index in [4.69, 9.17) is 9.47 Å². The first-order valence-corrected chi connectivity index (χ1v) is 10.0. The van der Waals surface area contributed by atoms with Gasteiger partial charge < -0.3 is 9.47 Å². The molecule has 0 heterocycles. The lowest BCUT2D eigenvalue weighted by molar-refractivity contribution is -0.204. The monoisotopic (exact) mass is 404 g/mol. The van der Waals surface area contributed by atoms with Gasteiger partial charge in [-0.1, -0.05) is 91.0 Å². The Morgan fingerprint density at radius 2 is 1.07 bits per heavy atom. The minimum Gasteiger partial charge on any atom is -0.340 e. The molecule has 3 aromatic carbocycles. The molecule has 0 atom stereocenters. The van der Waals surface area contributed by atoms with Gasteiger partial charge in [0.2, 0.25) is 5.78 Å². The Balaban J connectivity index is 0.000000297. The van der Waals surface area contributed by atoms with Gasteiger partial charge in [0.1, 0.15) is 0 Å². The van der Waals surface area contributed by atoms with Crippen molar-refractivity contribution in [2.45, 2.75) is 26.6 Å². The number of ether oxygens (including phenoxy) is 2. The van der Waals surface area contributed by atoms with Crippen LogP contribution in [0.1, 0.15) is 47.1 Å². The highest BCUT2D eigenvalue weighted by molar-refractivity contribution is 6.02. The van der Waals surface area contributed by atoms with Crippen molar-refractivity contribution in [1.82, 2.24) is 0 Å². The number of benzene rings is 3. The third kappa shape index (κ3) is 5.96. The van der Waals surface area contributed by atoms with E-state index in [1.165, 1.54) is 0 Å². The van der Waals surface area contributed by atoms with E-state index in [0.29, 0.717) is 24.3 Å². The second kappa shape index (κ2) is 11.8. The molecular formula is C26H28O4. The van der Waals surface area contributed by atoms with Crippen molar-refractivity contribution in [1.29, 1.82) is 0 Å². The van der Waals surface area contributed by atoms with Gasteiger partial charge in [0, 0.05) is 29.9 Å². The van der Waals surface area contributed by atoms with Crippen molar-refractivity contribution in [3.63, 3.8) is 0 Å². The van der Waals surface area contributed by atoms with Crippen LogP contribution in [0.15, 0.2) is 91.0 Å². The minimum atomic E-state index is -1.38. The quantitative estimate of drug-likeness (QED) is 0.358. The summed E-state index contributed by atoms with van der Waals surface area (Å²) in [5.74, 6) is -1.44. The average molecular weight is 405 g/mol. The fourth-order valence-corrected chi connectivity index (χ4v) is 2.99. The summed E-state index contributed by atoms with van der Waals surface area (Å²) in [5.41, 5.74) is 2.06. The molecule has 0 N–H and O–H groups in total. The third-order valence-electron chi connectivity index (χ3n) is 4.36. The van der Waals surface area contributed by atoms with Gasteiger partial charge in [0.25, 0.3) is 5.79 Å². The van der Waals surface area contributed by atoms with Gasteiger partial charge in [-0.25, -0.2) is 0 Å². The first kappa shape index (κ1) is 23.2. The summed E-state index contributed by atoms with van der Waals surface area (Å²) in [6, 6.07) is 27.7. The van der Waals surface area contributed by atoms with Gasteiger partial charge in [-0.05, 0) is 20.8 Å². The molecule has 3 rings (SSSR count). The number of Topliss-reactive ketones (excluding diaryl/α,β-unsaturated/α-hetero) is 2. The van der Waals surface area contributed by atoms with Crippen LogP contribution < -0.4 is 0 Å². The summed E-state index contributed by atoms with van der Waals surface area (Å²) in [4.78, 5) is 23.6. The number of rotatable bonds is 8. The van der Waals surface area contributed by atoms with Crippen LogP contribution in [0.25, 0.3) is 0 Å². The van der Waals surface area contributed by atoms with Gasteiger partial charge >= 0.3 is 0 Å². The Bertz CT molecular complexity index is 900. The highest BCUT2D eigenvalue weighted by Crippen LogP contribution is 2.31. The van der Waals surface area contributed by atoms with E-state index >= 15 is 0 Å². The van der Waals surface area contributed by atoms with E-state index in [-0.39, 0.29) is 11.6 Å². The van der Waals surface area contributed by atoms with Crippen LogP contribution >= 0.6 is 0 Å². The van der Waals surface area contributed by atoms with Crippen LogP contribution in [0.2, 0.25) is 0 Å². The van der Waals surface area contributed by atoms with Crippen molar-refractivity contribution in [2.24, 2.45) is 0 Å². The zero-order valence-corrected chi connectivity index (χ0v) is 17.7. The van der Waals surface area contributed by atoms with Crippen LogP contribution in [-0.4, -0.2) is 24.8 Å². The van der Waals surface area contributed by atoms with Crippen LogP contribution in [0.4, 0.5) is 0 Å². The standard InChI is InChI=1S/C18H20O3.C8H8O/c1-3-20-18(21-4-2,16-13-9-6-10-14-16)17(19)15-11-7-5-8-12-15;1-7(9)8-5-3-2-4-6-8/h5-14H,3-4H2,1-2H3;2-6H,1H3. The van der Waals surface area contributed by atoms with Gasteiger partial charge in [-0.2, -0.15) is 0 Å². The van der Waals surface area contributed by atoms with Crippen LogP contribution in [-0.2, 0) is 15.3 Å². The number of carbonyl (C=O) groups excluding carboxylic acids is 2. The van der Waals surface area contributed by atoms with Crippen molar-refractivity contribution < 1.29 is 19.1 Å². The van der Waals surface area contributed by atoms with E-state index in [1.807, 2.05) is 92.7 Å². The number of hydrogen-bond acceptors (Lipinski definition) is 4. The molecule has 30 heavy (non-hydrogen) atoms. The predicted octanol–water partition coefficient (Wildman–Crippen LogP) is 5.68.